The van der Waals surface area contributed by atoms with Crippen LogP contribution in [-0.2, 0) is 4.79 Å². The molecule has 0 aromatic carbocycles. The van der Waals surface area contributed by atoms with E-state index >= 15 is 0 Å². The van der Waals surface area contributed by atoms with Crippen LogP contribution in [0.3, 0.4) is 0 Å². The monoisotopic (exact) mass is 197 g/mol. The molecule has 0 aliphatic heterocycles. The fraction of sp³-hybridized carbons (Fsp3) is 0.917. The van der Waals surface area contributed by atoms with Gasteiger partial charge in [0.05, 0.1) is 0 Å². The first-order chi connectivity index (χ1) is 6.70. The highest BCUT2D eigenvalue weighted by Crippen LogP contribution is 2.24. The van der Waals surface area contributed by atoms with E-state index < -0.39 is 0 Å². The number of Topliss-reactive ketones (excluding diaryl/α,β-unsaturated/α-hetero) is 1. The van der Waals surface area contributed by atoms with E-state index in [1.807, 2.05) is 0 Å². The highest BCUT2D eigenvalue weighted by Gasteiger charge is 2.20. The Labute approximate surface area is 87.5 Å². The van der Waals surface area contributed by atoms with Gasteiger partial charge < -0.3 is 5.32 Å². The zero-order valence-electron chi connectivity index (χ0n) is 9.51. The van der Waals surface area contributed by atoms with Crippen molar-refractivity contribution in [2.75, 3.05) is 6.54 Å². The summed E-state index contributed by atoms with van der Waals surface area (Å²) < 4.78 is 0. The predicted octanol–water partition coefficient (Wildman–Crippen LogP) is 2.52. The van der Waals surface area contributed by atoms with Crippen molar-refractivity contribution in [2.45, 2.75) is 58.4 Å². The zero-order valence-corrected chi connectivity index (χ0v) is 9.51. The van der Waals surface area contributed by atoms with Gasteiger partial charge >= 0.3 is 0 Å². The van der Waals surface area contributed by atoms with E-state index in [-0.39, 0.29) is 0 Å². The molecule has 2 nitrogen and oxygen atoms in total. The van der Waals surface area contributed by atoms with Crippen LogP contribution in [0.2, 0.25) is 0 Å². The molecule has 1 aliphatic rings. The molecule has 2 heteroatoms. The Balaban J connectivity index is 2.13. The maximum Gasteiger partial charge on any atom is 0.137 e. The van der Waals surface area contributed by atoms with Gasteiger partial charge in [-0.25, -0.2) is 0 Å². The lowest BCUT2D eigenvalue weighted by Gasteiger charge is -2.20. The van der Waals surface area contributed by atoms with Crippen molar-refractivity contribution in [1.29, 1.82) is 0 Å². The minimum atomic E-state index is 0.387. The van der Waals surface area contributed by atoms with E-state index in [9.17, 15) is 4.79 Å². The van der Waals surface area contributed by atoms with Gasteiger partial charge in [0.2, 0.25) is 0 Å². The van der Waals surface area contributed by atoms with Gasteiger partial charge in [-0.2, -0.15) is 0 Å². The molecule has 0 aromatic rings. The Bertz CT molecular complexity index is 171. The van der Waals surface area contributed by atoms with E-state index in [0.29, 0.717) is 17.7 Å². The van der Waals surface area contributed by atoms with Gasteiger partial charge in [0.15, 0.2) is 0 Å². The lowest BCUT2D eigenvalue weighted by molar-refractivity contribution is -0.123. The molecule has 14 heavy (non-hydrogen) atoms. The van der Waals surface area contributed by atoms with E-state index in [2.05, 4.69) is 19.2 Å². The van der Waals surface area contributed by atoms with Gasteiger partial charge in [-0.15, -0.1) is 0 Å². The largest absolute Gasteiger partial charge is 0.314 e. The summed E-state index contributed by atoms with van der Waals surface area (Å²) in [7, 11) is 0. The van der Waals surface area contributed by atoms with E-state index in [1.54, 1.807) is 0 Å². The molecule has 0 saturated heterocycles. The van der Waals surface area contributed by atoms with Crippen molar-refractivity contribution in [1.82, 2.24) is 5.32 Å². The highest BCUT2D eigenvalue weighted by molar-refractivity contribution is 5.81. The molecule has 0 heterocycles. The topological polar surface area (TPSA) is 29.1 Å². The SMILES string of the molecule is CC(C)NCCC(=O)C1CCCCC1. The molecular weight excluding hydrogens is 174 g/mol. The Kier molecular flexibility index (Phi) is 5.16. The quantitative estimate of drug-likeness (QED) is 0.733. The second-order valence-electron chi connectivity index (χ2n) is 4.66. The van der Waals surface area contributed by atoms with Crippen molar-refractivity contribution in [3.63, 3.8) is 0 Å². The van der Waals surface area contributed by atoms with Crippen LogP contribution in [0.1, 0.15) is 52.4 Å². The number of hydrogen-bond acceptors (Lipinski definition) is 2. The Morgan fingerprint density at radius 1 is 1.29 bits per heavy atom. The lowest BCUT2D eigenvalue weighted by Crippen LogP contribution is -2.28. The number of nitrogens with one attached hydrogen (secondary N) is 1. The first-order valence-electron chi connectivity index (χ1n) is 5.96. The van der Waals surface area contributed by atoms with Gasteiger partial charge in [0.25, 0.3) is 0 Å². The molecule has 1 N–H and O–H groups in total. The first-order valence-corrected chi connectivity index (χ1v) is 5.96. The highest BCUT2D eigenvalue weighted by atomic mass is 16.1. The van der Waals surface area contributed by atoms with Crippen LogP contribution in [0.5, 0.6) is 0 Å². The van der Waals surface area contributed by atoms with Gasteiger partial charge in [-0.05, 0) is 12.8 Å². The summed E-state index contributed by atoms with van der Waals surface area (Å²) >= 11 is 0. The second-order valence-corrected chi connectivity index (χ2v) is 4.66. The Morgan fingerprint density at radius 3 is 2.50 bits per heavy atom. The third-order valence-electron chi connectivity index (χ3n) is 2.98. The first kappa shape index (κ1) is 11.7. The fourth-order valence-electron chi connectivity index (χ4n) is 2.11. The lowest BCUT2D eigenvalue weighted by atomic mass is 9.85. The normalized spacial score (nSPS) is 18.8. The van der Waals surface area contributed by atoms with Gasteiger partial charge in [0.1, 0.15) is 5.78 Å². The molecular formula is C12H23NO. The van der Waals surface area contributed by atoms with Crippen molar-refractivity contribution >= 4 is 5.78 Å². The predicted molar refractivity (Wildman–Crippen MR) is 59.3 cm³/mol. The summed E-state index contributed by atoms with van der Waals surface area (Å²) in [6, 6.07) is 0.495. The third-order valence-corrected chi connectivity index (χ3v) is 2.98. The molecule has 1 rings (SSSR count). The van der Waals surface area contributed by atoms with E-state index in [0.717, 1.165) is 25.8 Å². The van der Waals surface area contributed by atoms with Gasteiger partial charge in [-0.3, -0.25) is 4.79 Å². The summed E-state index contributed by atoms with van der Waals surface area (Å²) in [5, 5.41) is 3.29. The zero-order chi connectivity index (χ0) is 10.4. The van der Waals surface area contributed by atoms with Crippen LogP contribution in [-0.4, -0.2) is 18.4 Å². The summed E-state index contributed by atoms with van der Waals surface area (Å²) in [6.45, 7) is 5.09. The summed E-state index contributed by atoms with van der Waals surface area (Å²) in [5.74, 6) is 0.871. The van der Waals surface area contributed by atoms with Crippen LogP contribution < -0.4 is 5.32 Å². The number of carbonyl (C=O) groups excluding carboxylic acids is 1. The van der Waals surface area contributed by atoms with Crippen LogP contribution >= 0.6 is 0 Å². The third kappa shape index (κ3) is 4.23. The van der Waals surface area contributed by atoms with Gasteiger partial charge in [-0.1, -0.05) is 33.1 Å². The Hall–Kier alpha value is -0.370. The molecule has 0 atom stereocenters. The number of hydrogen-bond donors (Lipinski definition) is 1. The number of rotatable bonds is 5. The standard InChI is InChI=1S/C12H23NO/c1-10(2)13-9-8-12(14)11-6-4-3-5-7-11/h10-11,13H,3-9H2,1-2H3. The molecule has 82 valence electrons. The summed E-state index contributed by atoms with van der Waals surface area (Å²) in [5.41, 5.74) is 0. The van der Waals surface area contributed by atoms with Crippen LogP contribution in [0, 0.1) is 5.92 Å². The summed E-state index contributed by atoms with van der Waals surface area (Å²) in [6.07, 6.45) is 6.85. The van der Waals surface area contributed by atoms with Crippen molar-refractivity contribution in [2.24, 2.45) is 5.92 Å². The van der Waals surface area contributed by atoms with E-state index in [1.165, 1.54) is 19.3 Å². The maximum atomic E-state index is 11.7. The van der Waals surface area contributed by atoms with Crippen LogP contribution in [0.25, 0.3) is 0 Å². The van der Waals surface area contributed by atoms with Gasteiger partial charge in [0, 0.05) is 24.9 Å². The fourth-order valence-corrected chi connectivity index (χ4v) is 2.11. The molecule has 1 saturated carbocycles. The number of carbonyl (C=O) groups is 1. The average Bonchev–Trinajstić information content (AvgIpc) is 2.18. The molecule has 0 bridgehead atoms. The molecule has 0 radical (unpaired) electrons. The smallest absolute Gasteiger partial charge is 0.137 e. The maximum absolute atomic E-state index is 11.7. The molecule has 0 unspecified atom stereocenters. The summed E-state index contributed by atoms with van der Waals surface area (Å²) in [4.78, 5) is 11.7. The van der Waals surface area contributed by atoms with Crippen LogP contribution in [0.4, 0.5) is 0 Å². The molecule has 1 aliphatic carbocycles. The van der Waals surface area contributed by atoms with E-state index in [4.69, 9.17) is 0 Å². The average molecular weight is 197 g/mol. The molecule has 0 aromatic heterocycles. The Morgan fingerprint density at radius 2 is 1.93 bits per heavy atom. The van der Waals surface area contributed by atoms with Crippen molar-refractivity contribution in [3.8, 4) is 0 Å². The second kappa shape index (κ2) is 6.18. The molecule has 0 amide bonds. The number of ketones is 1. The molecule has 1 fully saturated rings. The molecule has 0 spiro atoms. The van der Waals surface area contributed by atoms with Crippen LogP contribution in [0.15, 0.2) is 0 Å². The minimum absolute atomic E-state index is 0.387. The van der Waals surface area contributed by atoms with Crippen molar-refractivity contribution < 1.29 is 4.79 Å². The minimum Gasteiger partial charge on any atom is -0.314 e. The van der Waals surface area contributed by atoms with Crippen molar-refractivity contribution in [3.05, 3.63) is 0 Å².